The van der Waals surface area contributed by atoms with Crippen LogP contribution in [-0.4, -0.2) is 29.5 Å². The van der Waals surface area contributed by atoms with Gasteiger partial charge in [-0.25, -0.2) is 19.5 Å². The quantitative estimate of drug-likeness (QED) is 0.705. The highest BCUT2D eigenvalue weighted by atomic mass is 32.2. The average molecular weight is 339 g/mol. The third-order valence-electron chi connectivity index (χ3n) is 3.77. The number of unbranched alkanes of at least 4 members (excludes halogenated alkanes) is 1. The molecule has 0 saturated heterocycles. The Morgan fingerprint density at radius 1 is 1.21 bits per heavy atom. The lowest BCUT2D eigenvalue weighted by Crippen LogP contribution is -2.05. The molecule has 0 aliphatic rings. The highest BCUT2D eigenvalue weighted by Gasteiger charge is 2.15. The predicted molar refractivity (Wildman–Crippen MR) is 89.7 cm³/mol. The summed E-state index contributed by atoms with van der Waals surface area (Å²) in [5, 5.41) is 14.6. The summed E-state index contributed by atoms with van der Waals surface area (Å²) in [6.07, 6.45) is 6.29. The van der Waals surface area contributed by atoms with Crippen molar-refractivity contribution in [3.05, 3.63) is 35.0 Å². The fraction of sp³-hybridized carbons (Fsp3) is 0.375. The van der Waals surface area contributed by atoms with Crippen molar-refractivity contribution in [1.29, 1.82) is 5.26 Å². The molecule has 24 heavy (non-hydrogen) atoms. The van der Waals surface area contributed by atoms with Crippen LogP contribution in [0.25, 0.3) is 5.78 Å². The minimum Gasteiger partial charge on any atom is -0.245 e. The SMILES string of the molecule is CCCCc1c(C)nc2nc(Sc3nccnc3C#N)nn2c1C. The third kappa shape index (κ3) is 3.08. The van der Waals surface area contributed by atoms with Crippen LogP contribution < -0.4 is 0 Å². The smallest absolute Gasteiger partial charge is 0.245 e. The van der Waals surface area contributed by atoms with Gasteiger partial charge in [0.2, 0.25) is 5.16 Å². The van der Waals surface area contributed by atoms with E-state index in [1.54, 1.807) is 10.7 Å². The molecule has 0 radical (unpaired) electrons. The Balaban J connectivity index is 2.00. The first-order valence-corrected chi connectivity index (χ1v) is 8.57. The average Bonchev–Trinajstić information content (AvgIpc) is 2.98. The number of fused-ring (bicyclic) bond motifs is 1. The maximum absolute atomic E-state index is 9.11. The lowest BCUT2D eigenvalue weighted by molar-refractivity contribution is 0.753. The van der Waals surface area contributed by atoms with Gasteiger partial charge in [-0.1, -0.05) is 13.3 Å². The predicted octanol–water partition coefficient (Wildman–Crippen LogP) is 2.90. The van der Waals surface area contributed by atoms with Crippen LogP contribution in [0, 0.1) is 25.2 Å². The molecule has 0 aromatic carbocycles. The van der Waals surface area contributed by atoms with Crippen LogP contribution in [0.4, 0.5) is 0 Å². The van der Waals surface area contributed by atoms with Crippen LogP contribution in [0.5, 0.6) is 0 Å². The van der Waals surface area contributed by atoms with Gasteiger partial charge in [0.15, 0.2) is 5.69 Å². The van der Waals surface area contributed by atoms with Gasteiger partial charge in [-0.2, -0.15) is 10.2 Å². The van der Waals surface area contributed by atoms with Crippen molar-refractivity contribution in [2.45, 2.75) is 50.2 Å². The van der Waals surface area contributed by atoms with Crippen molar-refractivity contribution in [1.82, 2.24) is 29.5 Å². The number of hydrogen-bond acceptors (Lipinski definition) is 7. The minimum absolute atomic E-state index is 0.269. The van der Waals surface area contributed by atoms with Crippen LogP contribution in [0.1, 0.15) is 42.4 Å². The number of rotatable bonds is 5. The summed E-state index contributed by atoms with van der Waals surface area (Å²) in [5.74, 6) is 0.565. The van der Waals surface area contributed by atoms with Gasteiger partial charge < -0.3 is 0 Å². The third-order valence-corrected chi connectivity index (χ3v) is 4.62. The molecule has 122 valence electrons. The van der Waals surface area contributed by atoms with Gasteiger partial charge in [0.05, 0.1) is 0 Å². The second kappa shape index (κ2) is 6.93. The van der Waals surface area contributed by atoms with Crippen molar-refractivity contribution in [2.75, 3.05) is 0 Å². The van der Waals surface area contributed by atoms with Crippen molar-refractivity contribution in [3.63, 3.8) is 0 Å². The van der Waals surface area contributed by atoms with Crippen LogP contribution in [0.3, 0.4) is 0 Å². The zero-order chi connectivity index (χ0) is 17.1. The summed E-state index contributed by atoms with van der Waals surface area (Å²) in [6.45, 7) is 6.23. The molecular formula is C16H17N7S. The van der Waals surface area contributed by atoms with E-state index in [0.29, 0.717) is 16.0 Å². The summed E-state index contributed by atoms with van der Waals surface area (Å²) >= 11 is 1.22. The summed E-state index contributed by atoms with van der Waals surface area (Å²) in [4.78, 5) is 17.2. The minimum atomic E-state index is 0.269. The fourth-order valence-electron chi connectivity index (χ4n) is 2.51. The van der Waals surface area contributed by atoms with Gasteiger partial charge in [-0.05, 0) is 44.0 Å². The molecule has 3 aromatic rings. The number of aryl methyl sites for hydroxylation is 2. The van der Waals surface area contributed by atoms with Gasteiger partial charge in [-0.3, -0.25) is 0 Å². The van der Waals surface area contributed by atoms with E-state index in [1.807, 2.05) is 19.9 Å². The molecule has 0 N–H and O–H groups in total. The molecule has 0 saturated carbocycles. The van der Waals surface area contributed by atoms with E-state index >= 15 is 0 Å². The molecule has 0 aliphatic carbocycles. The molecule has 0 aliphatic heterocycles. The zero-order valence-electron chi connectivity index (χ0n) is 13.8. The van der Waals surface area contributed by atoms with E-state index in [0.717, 1.165) is 30.7 Å². The van der Waals surface area contributed by atoms with Crippen LogP contribution >= 0.6 is 11.8 Å². The fourth-order valence-corrected chi connectivity index (χ4v) is 3.24. The zero-order valence-corrected chi connectivity index (χ0v) is 14.6. The molecule has 3 aromatic heterocycles. The summed E-state index contributed by atoms with van der Waals surface area (Å²) in [7, 11) is 0. The van der Waals surface area contributed by atoms with E-state index in [-0.39, 0.29) is 5.69 Å². The van der Waals surface area contributed by atoms with Crippen molar-refractivity contribution in [3.8, 4) is 6.07 Å². The van der Waals surface area contributed by atoms with Crippen molar-refractivity contribution < 1.29 is 0 Å². The van der Waals surface area contributed by atoms with E-state index in [1.165, 1.54) is 23.5 Å². The molecule has 8 heteroatoms. The van der Waals surface area contributed by atoms with E-state index in [4.69, 9.17) is 5.26 Å². The highest BCUT2D eigenvalue weighted by Crippen LogP contribution is 2.26. The molecule has 0 bridgehead atoms. The van der Waals surface area contributed by atoms with E-state index in [9.17, 15) is 0 Å². The van der Waals surface area contributed by atoms with Crippen LogP contribution in [0.2, 0.25) is 0 Å². The maximum atomic E-state index is 9.11. The maximum Gasteiger partial charge on any atom is 0.253 e. The van der Waals surface area contributed by atoms with Gasteiger partial charge in [0, 0.05) is 23.8 Å². The largest absolute Gasteiger partial charge is 0.253 e. The van der Waals surface area contributed by atoms with Crippen molar-refractivity contribution in [2.24, 2.45) is 0 Å². The summed E-state index contributed by atoms with van der Waals surface area (Å²) in [5.41, 5.74) is 3.55. The number of nitrogens with zero attached hydrogens (tertiary/aromatic N) is 7. The lowest BCUT2D eigenvalue weighted by Gasteiger charge is -2.09. The number of aromatic nitrogens is 6. The first-order chi connectivity index (χ1) is 11.6. The first-order valence-electron chi connectivity index (χ1n) is 7.75. The van der Waals surface area contributed by atoms with Crippen LogP contribution in [-0.2, 0) is 6.42 Å². The van der Waals surface area contributed by atoms with Gasteiger partial charge in [0.1, 0.15) is 11.1 Å². The van der Waals surface area contributed by atoms with Crippen molar-refractivity contribution >= 4 is 17.5 Å². The summed E-state index contributed by atoms with van der Waals surface area (Å²) in [6, 6.07) is 2.03. The number of hydrogen-bond donors (Lipinski definition) is 0. The molecule has 3 heterocycles. The monoisotopic (exact) mass is 339 g/mol. The Morgan fingerprint density at radius 2 is 2.00 bits per heavy atom. The normalized spacial score (nSPS) is 10.9. The molecule has 7 nitrogen and oxygen atoms in total. The van der Waals surface area contributed by atoms with Gasteiger partial charge in [-0.15, -0.1) is 5.10 Å². The van der Waals surface area contributed by atoms with Gasteiger partial charge in [0.25, 0.3) is 5.78 Å². The number of nitriles is 1. The lowest BCUT2D eigenvalue weighted by atomic mass is 10.1. The second-order valence-corrected chi connectivity index (χ2v) is 6.35. The van der Waals surface area contributed by atoms with E-state index in [2.05, 4.69) is 32.0 Å². The molecule has 3 rings (SSSR count). The Bertz CT molecular complexity index is 926. The molecule has 0 unspecified atom stereocenters. The Hall–Kier alpha value is -2.53. The first kappa shape index (κ1) is 16.3. The molecular weight excluding hydrogens is 322 g/mol. The molecule has 0 spiro atoms. The van der Waals surface area contributed by atoms with Gasteiger partial charge >= 0.3 is 0 Å². The Kier molecular flexibility index (Phi) is 4.71. The molecule has 0 atom stereocenters. The topological polar surface area (TPSA) is 92.6 Å². The molecule has 0 fully saturated rings. The van der Waals surface area contributed by atoms with Crippen LogP contribution in [0.15, 0.2) is 22.6 Å². The summed E-state index contributed by atoms with van der Waals surface area (Å²) < 4.78 is 1.77. The molecule has 0 amide bonds. The Labute approximate surface area is 144 Å². The Morgan fingerprint density at radius 3 is 2.75 bits per heavy atom. The second-order valence-electron chi connectivity index (χ2n) is 5.39. The van der Waals surface area contributed by atoms with E-state index < -0.39 is 0 Å². The standard InChI is InChI=1S/C16H17N7S/c1-4-5-6-12-10(2)20-15-21-16(22-23(15)11(12)3)24-14-13(9-17)18-7-8-19-14/h7-8H,4-6H2,1-3H3. The highest BCUT2D eigenvalue weighted by molar-refractivity contribution is 7.99.